The lowest BCUT2D eigenvalue weighted by atomic mass is 10.2. The van der Waals surface area contributed by atoms with Gasteiger partial charge in [0.25, 0.3) is 0 Å². The summed E-state index contributed by atoms with van der Waals surface area (Å²) in [5.74, 6) is 1.53. The van der Waals surface area contributed by atoms with Crippen LogP contribution < -0.4 is 10.1 Å². The number of hydrogen-bond donors (Lipinski definition) is 1. The van der Waals surface area contributed by atoms with E-state index in [1.165, 1.54) is 12.8 Å². The number of carbonyl (C=O) groups excluding carboxylic acids is 1. The number of aryl methyl sites for hydroxylation is 2. The van der Waals surface area contributed by atoms with Crippen LogP contribution in [0.3, 0.4) is 0 Å². The number of nitrogens with zero attached hydrogens (tertiary/aromatic N) is 2. The van der Waals surface area contributed by atoms with E-state index >= 15 is 0 Å². The molecule has 3 rings (SSSR count). The molecular formula is C19H25N3O2. The molecule has 0 saturated heterocycles. The molecule has 128 valence electrons. The summed E-state index contributed by atoms with van der Waals surface area (Å²) in [5.41, 5.74) is 2.92. The van der Waals surface area contributed by atoms with Crippen molar-refractivity contribution in [3.05, 3.63) is 47.3 Å². The van der Waals surface area contributed by atoms with Gasteiger partial charge in [-0.15, -0.1) is 0 Å². The Morgan fingerprint density at radius 3 is 2.79 bits per heavy atom. The zero-order valence-corrected chi connectivity index (χ0v) is 14.6. The molecule has 0 radical (unpaired) electrons. The van der Waals surface area contributed by atoms with Gasteiger partial charge in [-0.25, -0.2) is 0 Å². The van der Waals surface area contributed by atoms with Crippen LogP contribution >= 0.6 is 0 Å². The van der Waals surface area contributed by atoms with E-state index < -0.39 is 0 Å². The summed E-state index contributed by atoms with van der Waals surface area (Å²) in [4.78, 5) is 12.5. The summed E-state index contributed by atoms with van der Waals surface area (Å²) < 4.78 is 7.66. The van der Waals surface area contributed by atoms with Crippen molar-refractivity contribution in [2.45, 2.75) is 46.2 Å². The number of ether oxygens (including phenoxy) is 1. The fourth-order valence-electron chi connectivity index (χ4n) is 2.76. The summed E-state index contributed by atoms with van der Waals surface area (Å²) >= 11 is 0. The van der Waals surface area contributed by atoms with Gasteiger partial charge in [0.1, 0.15) is 11.8 Å². The summed E-state index contributed by atoms with van der Waals surface area (Å²) in [7, 11) is 0. The molecule has 24 heavy (non-hydrogen) atoms. The molecule has 1 aliphatic rings. The first-order valence-corrected chi connectivity index (χ1v) is 8.55. The Morgan fingerprint density at radius 2 is 2.12 bits per heavy atom. The quantitative estimate of drug-likeness (QED) is 0.850. The van der Waals surface area contributed by atoms with E-state index in [0.29, 0.717) is 12.5 Å². The molecule has 1 heterocycles. The second kappa shape index (κ2) is 7.07. The third-order valence-corrected chi connectivity index (χ3v) is 4.39. The van der Waals surface area contributed by atoms with E-state index in [4.69, 9.17) is 4.74 Å². The third-order valence-electron chi connectivity index (χ3n) is 4.39. The van der Waals surface area contributed by atoms with Crippen molar-refractivity contribution >= 4 is 5.91 Å². The topological polar surface area (TPSA) is 56.2 Å². The van der Waals surface area contributed by atoms with E-state index in [2.05, 4.69) is 10.4 Å². The Kier molecular flexibility index (Phi) is 4.88. The molecule has 0 aliphatic heterocycles. The largest absolute Gasteiger partial charge is 0.493 e. The van der Waals surface area contributed by atoms with Crippen LogP contribution in [0, 0.1) is 19.8 Å². The molecule has 5 heteroatoms. The molecule has 0 spiro atoms. The maximum atomic E-state index is 12.5. The molecule has 1 unspecified atom stereocenters. The lowest BCUT2D eigenvalue weighted by Gasteiger charge is -2.16. The first-order chi connectivity index (χ1) is 11.5. The Balaban J connectivity index is 1.60. The van der Waals surface area contributed by atoms with Gasteiger partial charge in [-0.3, -0.25) is 9.48 Å². The number of para-hydroxylation sites is 1. The van der Waals surface area contributed by atoms with Gasteiger partial charge in [0.05, 0.1) is 12.3 Å². The van der Waals surface area contributed by atoms with Gasteiger partial charge in [-0.1, -0.05) is 18.2 Å². The van der Waals surface area contributed by atoms with Gasteiger partial charge >= 0.3 is 0 Å². The number of nitrogens with one attached hydrogen (secondary N) is 1. The van der Waals surface area contributed by atoms with E-state index in [9.17, 15) is 4.79 Å². The summed E-state index contributed by atoms with van der Waals surface area (Å²) in [5, 5.41) is 7.39. The van der Waals surface area contributed by atoms with Crippen molar-refractivity contribution in [3.8, 4) is 5.75 Å². The predicted molar refractivity (Wildman–Crippen MR) is 92.9 cm³/mol. The Bertz CT molecular complexity index is 719. The fraction of sp³-hybridized carbons (Fsp3) is 0.474. The molecule has 2 aromatic rings. The zero-order valence-electron chi connectivity index (χ0n) is 14.6. The van der Waals surface area contributed by atoms with Gasteiger partial charge in [0.2, 0.25) is 5.91 Å². The molecule has 5 nitrogen and oxygen atoms in total. The highest BCUT2D eigenvalue weighted by molar-refractivity contribution is 5.79. The minimum Gasteiger partial charge on any atom is -0.493 e. The monoisotopic (exact) mass is 327 g/mol. The van der Waals surface area contributed by atoms with Crippen LogP contribution in [-0.2, 0) is 11.3 Å². The number of aromatic nitrogens is 2. The SMILES string of the molecule is Cc1cc(C)n(C(C)C(=O)NCc2ccccc2OCC2CC2)n1. The van der Waals surface area contributed by atoms with Crippen molar-refractivity contribution < 1.29 is 9.53 Å². The van der Waals surface area contributed by atoms with E-state index in [1.807, 2.05) is 51.1 Å². The van der Waals surface area contributed by atoms with Crippen molar-refractivity contribution in [2.24, 2.45) is 5.92 Å². The molecule has 1 atom stereocenters. The summed E-state index contributed by atoms with van der Waals surface area (Å²) in [6, 6.07) is 9.54. The standard InChI is InChI=1S/C19H25N3O2/c1-13-10-14(2)22(21-13)15(3)19(23)20-11-17-6-4-5-7-18(17)24-12-16-8-9-16/h4-7,10,15-16H,8-9,11-12H2,1-3H3,(H,20,23). The van der Waals surface area contributed by atoms with Crippen LogP contribution in [0.15, 0.2) is 30.3 Å². The van der Waals surface area contributed by atoms with E-state index in [-0.39, 0.29) is 11.9 Å². The van der Waals surface area contributed by atoms with Gasteiger partial charge in [0, 0.05) is 17.8 Å². The van der Waals surface area contributed by atoms with Crippen LogP contribution in [0.25, 0.3) is 0 Å². The number of rotatable bonds is 7. The normalized spacial score (nSPS) is 15.1. The highest BCUT2D eigenvalue weighted by Crippen LogP contribution is 2.30. The summed E-state index contributed by atoms with van der Waals surface area (Å²) in [6.07, 6.45) is 2.53. The predicted octanol–water partition coefficient (Wildman–Crippen LogP) is 3.17. The highest BCUT2D eigenvalue weighted by atomic mass is 16.5. The lowest BCUT2D eigenvalue weighted by Crippen LogP contribution is -2.31. The molecular weight excluding hydrogens is 302 g/mol. The van der Waals surface area contributed by atoms with Crippen LogP contribution in [0.1, 0.15) is 42.8 Å². The maximum absolute atomic E-state index is 12.5. The summed E-state index contributed by atoms with van der Waals surface area (Å²) in [6.45, 7) is 6.99. The fourth-order valence-corrected chi connectivity index (χ4v) is 2.76. The second-order valence-electron chi connectivity index (χ2n) is 6.63. The van der Waals surface area contributed by atoms with E-state index in [1.54, 1.807) is 4.68 Å². The molecule has 1 aromatic carbocycles. The molecule has 1 aliphatic carbocycles. The van der Waals surface area contributed by atoms with Crippen molar-refractivity contribution in [2.75, 3.05) is 6.61 Å². The number of benzene rings is 1. The van der Waals surface area contributed by atoms with Crippen LogP contribution in [0.5, 0.6) is 5.75 Å². The molecule has 1 saturated carbocycles. The minimum absolute atomic E-state index is 0.0433. The van der Waals surface area contributed by atoms with Gasteiger partial charge in [-0.2, -0.15) is 5.10 Å². The molecule has 1 fully saturated rings. The third kappa shape index (κ3) is 3.96. The molecule has 0 bridgehead atoms. The lowest BCUT2D eigenvalue weighted by molar-refractivity contribution is -0.124. The average molecular weight is 327 g/mol. The Labute approximate surface area is 143 Å². The van der Waals surface area contributed by atoms with Crippen molar-refractivity contribution in [1.29, 1.82) is 0 Å². The number of carbonyl (C=O) groups is 1. The van der Waals surface area contributed by atoms with Crippen molar-refractivity contribution in [1.82, 2.24) is 15.1 Å². The van der Waals surface area contributed by atoms with Crippen LogP contribution in [-0.4, -0.2) is 22.3 Å². The van der Waals surface area contributed by atoms with E-state index in [0.717, 1.165) is 29.3 Å². The van der Waals surface area contributed by atoms with Gasteiger partial charge in [-0.05, 0) is 51.7 Å². The highest BCUT2D eigenvalue weighted by Gasteiger charge is 2.22. The smallest absolute Gasteiger partial charge is 0.244 e. The molecule has 1 aromatic heterocycles. The Morgan fingerprint density at radius 1 is 1.38 bits per heavy atom. The number of amides is 1. The second-order valence-corrected chi connectivity index (χ2v) is 6.63. The minimum atomic E-state index is -0.335. The number of hydrogen-bond acceptors (Lipinski definition) is 3. The van der Waals surface area contributed by atoms with Crippen LogP contribution in [0.2, 0.25) is 0 Å². The average Bonchev–Trinajstić information content (AvgIpc) is 3.34. The van der Waals surface area contributed by atoms with Gasteiger partial charge in [0.15, 0.2) is 0 Å². The Hall–Kier alpha value is -2.30. The molecule has 1 amide bonds. The maximum Gasteiger partial charge on any atom is 0.244 e. The first kappa shape index (κ1) is 16.6. The zero-order chi connectivity index (χ0) is 17.1. The molecule has 1 N–H and O–H groups in total. The van der Waals surface area contributed by atoms with Crippen molar-refractivity contribution in [3.63, 3.8) is 0 Å². The van der Waals surface area contributed by atoms with Crippen LogP contribution in [0.4, 0.5) is 0 Å². The first-order valence-electron chi connectivity index (χ1n) is 8.55. The van der Waals surface area contributed by atoms with Gasteiger partial charge < -0.3 is 10.1 Å².